The largest absolute Gasteiger partial charge is 0.393 e. The number of hydrogen-bond acceptors (Lipinski definition) is 4. The third-order valence-electron chi connectivity index (χ3n) is 3.69. The molecule has 1 aliphatic carbocycles. The molecule has 0 radical (unpaired) electrons. The van der Waals surface area contributed by atoms with E-state index in [0.29, 0.717) is 10.8 Å². The standard InChI is InChI=1S/C14H21NO3S/c1-19(17,18)14-8-4-12(5-9-14)15-10-11-2-6-13(16)7-3-11/h4-5,8-9,11,13,15-16H,2-3,6-7,10H2,1H3. The molecule has 0 unspecified atom stereocenters. The molecule has 1 fully saturated rings. The summed E-state index contributed by atoms with van der Waals surface area (Å²) < 4.78 is 22.7. The van der Waals surface area contributed by atoms with E-state index >= 15 is 0 Å². The monoisotopic (exact) mass is 283 g/mol. The third-order valence-corrected chi connectivity index (χ3v) is 4.82. The summed E-state index contributed by atoms with van der Waals surface area (Å²) in [6.45, 7) is 0.880. The van der Waals surface area contributed by atoms with Crippen LogP contribution >= 0.6 is 0 Å². The summed E-state index contributed by atoms with van der Waals surface area (Å²) in [4.78, 5) is 0.346. The van der Waals surface area contributed by atoms with Gasteiger partial charge in [-0.2, -0.15) is 0 Å². The maximum Gasteiger partial charge on any atom is 0.175 e. The fraction of sp³-hybridized carbons (Fsp3) is 0.571. The van der Waals surface area contributed by atoms with E-state index in [1.165, 1.54) is 6.26 Å². The van der Waals surface area contributed by atoms with Crippen LogP contribution in [0.1, 0.15) is 25.7 Å². The summed E-state index contributed by atoms with van der Waals surface area (Å²) in [5, 5.41) is 12.8. The molecule has 1 aromatic carbocycles. The van der Waals surface area contributed by atoms with Gasteiger partial charge in [0.1, 0.15) is 0 Å². The maximum absolute atomic E-state index is 11.3. The van der Waals surface area contributed by atoms with Gasteiger partial charge in [0.15, 0.2) is 9.84 Å². The molecular formula is C14H21NO3S. The van der Waals surface area contributed by atoms with E-state index < -0.39 is 9.84 Å². The highest BCUT2D eigenvalue weighted by Gasteiger charge is 2.18. The molecule has 1 aromatic rings. The van der Waals surface area contributed by atoms with E-state index in [0.717, 1.165) is 37.9 Å². The average Bonchev–Trinajstić information content (AvgIpc) is 2.37. The van der Waals surface area contributed by atoms with Crippen LogP contribution in [0.25, 0.3) is 0 Å². The SMILES string of the molecule is CS(=O)(=O)c1ccc(NCC2CCC(O)CC2)cc1. The Labute approximate surface area is 114 Å². The fourth-order valence-electron chi connectivity index (χ4n) is 2.43. The van der Waals surface area contributed by atoms with Crippen LogP contribution in [0.15, 0.2) is 29.2 Å². The minimum absolute atomic E-state index is 0.120. The predicted octanol–water partition coefficient (Wildman–Crippen LogP) is 2.05. The average molecular weight is 283 g/mol. The first-order valence-electron chi connectivity index (χ1n) is 6.67. The van der Waals surface area contributed by atoms with Crippen LogP contribution < -0.4 is 5.32 Å². The van der Waals surface area contributed by atoms with Crippen LogP contribution in [0.2, 0.25) is 0 Å². The Hall–Kier alpha value is -1.07. The molecule has 0 aliphatic heterocycles. The van der Waals surface area contributed by atoms with Gasteiger partial charge in [0.2, 0.25) is 0 Å². The summed E-state index contributed by atoms with van der Waals surface area (Å²) in [5.74, 6) is 0.595. The number of rotatable bonds is 4. The highest BCUT2D eigenvalue weighted by Crippen LogP contribution is 2.24. The minimum atomic E-state index is -3.12. The molecule has 0 heterocycles. The Balaban J connectivity index is 1.87. The Bertz CT molecular complexity index is 502. The van der Waals surface area contributed by atoms with Crippen LogP contribution in [0, 0.1) is 5.92 Å². The zero-order valence-electron chi connectivity index (χ0n) is 11.2. The van der Waals surface area contributed by atoms with E-state index in [4.69, 9.17) is 0 Å². The summed E-state index contributed by atoms with van der Waals surface area (Å²) in [6, 6.07) is 6.85. The molecule has 4 nitrogen and oxygen atoms in total. The molecule has 19 heavy (non-hydrogen) atoms. The van der Waals surface area contributed by atoms with Crippen molar-refractivity contribution in [2.45, 2.75) is 36.7 Å². The first kappa shape index (κ1) is 14.3. The van der Waals surface area contributed by atoms with E-state index in [-0.39, 0.29) is 6.10 Å². The molecule has 0 aromatic heterocycles. The van der Waals surface area contributed by atoms with Gasteiger partial charge in [-0.15, -0.1) is 0 Å². The van der Waals surface area contributed by atoms with Crippen LogP contribution in [0.5, 0.6) is 0 Å². The summed E-state index contributed by atoms with van der Waals surface area (Å²) in [7, 11) is -3.12. The number of aliphatic hydroxyl groups is 1. The van der Waals surface area contributed by atoms with Gasteiger partial charge in [-0.3, -0.25) is 0 Å². The second-order valence-electron chi connectivity index (χ2n) is 5.35. The summed E-state index contributed by atoms with van der Waals surface area (Å²) in [5.41, 5.74) is 0.943. The molecule has 106 valence electrons. The van der Waals surface area contributed by atoms with Gasteiger partial charge in [0.05, 0.1) is 11.0 Å². The van der Waals surface area contributed by atoms with Crippen molar-refractivity contribution in [2.24, 2.45) is 5.92 Å². The van der Waals surface area contributed by atoms with Crippen LogP contribution in [-0.4, -0.2) is 32.4 Å². The number of anilines is 1. The minimum Gasteiger partial charge on any atom is -0.393 e. The second-order valence-corrected chi connectivity index (χ2v) is 7.37. The first-order chi connectivity index (χ1) is 8.95. The normalized spacial score (nSPS) is 24.1. The summed E-state index contributed by atoms with van der Waals surface area (Å²) in [6.07, 6.45) is 4.97. The lowest BCUT2D eigenvalue weighted by Crippen LogP contribution is -2.23. The van der Waals surface area contributed by atoms with Crippen LogP contribution in [0.3, 0.4) is 0 Å². The quantitative estimate of drug-likeness (QED) is 0.887. The topological polar surface area (TPSA) is 66.4 Å². The van der Waals surface area contributed by atoms with Gasteiger partial charge in [-0.1, -0.05) is 0 Å². The molecular weight excluding hydrogens is 262 g/mol. The van der Waals surface area contributed by atoms with Crippen LogP contribution in [-0.2, 0) is 9.84 Å². The highest BCUT2D eigenvalue weighted by atomic mass is 32.2. The van der Waals surface area contributed by atoms with Crippen molar-refractivity contribution in [1.82, 2.24) is 0 Å². The Morgan fingerprint density at radius 3 is 2.26 bits per heavy atom. The lowest BCUT2D eigenvalue weighted by molar-refractivity contribution is 0.111. The van der Waals surface area contributed by atoms with Gasteiger partial charge >= 0.3 is 0 Å². The molecule has 5 heteroatoms. The maximum atomic E-state index is 11.3. The van der Waals surface area contributed by atoms with Crippen molar-refractivity contribution >= 4 is 15.5 Å². The third kappa shape index (κ3) is 4.21. The van der Waals surface area contributed by atoms with Gasteiger partial charge < -0.3 is 10.4 Å². The summed E-state index contributed by atoms with van der Waals surface area (Å²) >= 11 is 0. The molecule has 2 N–H and O–H groups in total. The highest BCUT2D eigenvalue weighted by molar-refractivity contribution is 7.90. The number of sulfone groups is 1. The molecule has 0 amide bonds. The van der Waals surface area contributed by atoms with E-state index in [1.54, 1.807) is 24.3 Å². The molecule has 0 spiro atoms. The second kappa shape index (κ2) is 5.92. The van der Waals surface area contributed by atoms with Crippen molar-refractivity contribution in [3.8, 4) is 0 Å². The zero-order valence-corrected chi connectivity index (χ0v) is 12.0. The smallest absolute Gasteiger partial charge is 0.175 e. The lowest BCUT2D eigenvalue weighted by atomic mass is 9.87. The van der Waals surface area contributed by atoms with E-state index in [9.17, 15) is 13.5 Å². The molecule has 0 atom stereocenters. The molecule has 1 saturated carbocycles. The Kier molecular flexibility index (Phi) is 4.47. The lowest BCUT2D eigenvalue weighted by Gasteiger charge is -2.25. The first-order valence-corrected chi connectivity index (χ1v) is 8.56. The van der Waals surface area contributed by atoms with Crippen molar-refractivity contribution in [3.05, 3.63) is 24.3 Å². The number of benzene rings is 1. The molecule has 1 aliphatic rings. The van der Waals surface area contributed by atoms with Gasteiger partial charge in [0, 0.05) is 18.5 Å². The Morgan fingerprint density at radius 1 is 1.16 bits per heavy atom. The molecule has 0 bridgehead atoms. The van der Waals surface area contributed by atoms with Crippen molar-refractivity contribution in [1.29, 1.82) is 0 Å². The number of aliphatic hydroxyl groups excluding tert-OH is 1. The van der Waals surface area contributed by atoms with Crippen molar-refractivity contribution in [2.75, 3.05) is 18.1 Å². The van der Waals surface area contributed by atoms with Gasteiger partial charge in [-0.25, -0.2) is 8.42 Å². The van der Waals surface area contributed by atoms with Crippen molar-refractivity contribution < 1.29 is 13.5 Å². The molecule has 2 rings (SSSR count). The predicted molar refractivity (Wildman–Crippen MR) is 76.0 cm³/mol. The zero-order chi connectivity index (χ0) is 13.9. The van der Waals surface area contributed by atoms with E-state index in [1.807, 2.05) is 0 Å². The van der Waals surface area contributed by atoms with E-state index in [2.05, 4.69) is 5.32 Å². The van der Waals surface area contributed by atoms with Gasteiger partial charge in [0.25, 0.3) is 0 Å². The van der Waals surface area contributed by atoms with Crippen LogP contribution in [0.4, 0.5) is 5.69 Å². The molecule has 0 saturated heterocycles. The fourth-order valence-corrected chi connectivity index (χ4v) is 3.06. The van der Waals surface area contributed by atoms with Crippen molar-refractivity contribution in [3.63, 3.8) is 0 Å². The number of nitrogens with one attached hydrogen (secondary N) is 1. The van der Waals surface area contributed by atoms with Gasteiger partial charge in [-0.05, 0) is 55.9 Å². The Morgan fingerprint density at radius 2 is 1.74 bits per heavy atom. The number of hydrogen-bond donors (Lipinski definition) is 2.